The summed E-state index contributed by atoms with van der Waals surface area (Å²) in [6.45, 7) is 1.86. The number of nitrogens with zero attached hydrogens (tertiary/aromatic N) is 5. The molecule has 1 amide bonds. The molecule has 0 saturated carbocycles. The monoisotopic (exact) mass is 367 g/mol. The zero-order valence-electron chi connectivity index (χ0n) is 13.8. The van der Waals surface area contributed by atoms with Gasteiger partial charge in [-0.1, -0.05) is 11.6 Å². The van der Waals surface area contributed by atoms with Crippen LogP contribution in [0.15, 0.2) is 16.9 Å². The zero-order chi connectivity index (χ0) is 18.3. The Bertz CT molecular complexity index is 886. The average molecular weight is 368 g/mol. The largest absolute Gasteiger partial charge is 0.465 e. The molecule has 10 heteroatoms. The average Bonchev–Trinajstić information content (AvgIpc) is 2.57. The summed E-state index contributed by atoms with van der Waals surface area (Å²) >= 11 is 6.01. The van der Waals surface area contributed by atoms with Gasteiger partial charge in [-0.15, -0.1) is 0 Å². The maximum absolute atomic E-state index is 12.2. The van der Waals surface area contributed by atoms with Crippen LogP contribution in [0, 0.1) is 0 Å². The second-order valence-electron chi connectivity index (χ2n) is 6.05. The molecule has 2 aromatic rings. The number of aliphatic hydroxyl groups is 1. The molecule has 0 radical (unpaired) electrons. The number of aryl methyl sites for hydroxylation is 1. The maximum atomic E-state index is 12.2. The summed E-state index contributed by atoms with van der Waals surface area (Å²) in [7, 11) is 1.59. The minimum Gasteiger partial charge on any atom is -0.465 e. The Morgan fingerprint density at radius 2 is 2.08 bits per heavy atom. The lowest BCUT2D eigenvalue weighted by Crippen LogP contribution is -2.60. The molecule has 0 aliphatic carbocycles. The van der Waals surface area contributed by atoms with E-state index in [-0.39, 0.29) is 30.9 Å². The number of rotatable bonds is 2. The molecule has 3 heterocycles. The predicted octanol–water partition coefficient (Wildman–Crippen LogP) is 0.531. The van der Waals surface area contributed by atoms with E-state index in [2.05, 4.69) is 9.97 Å². The van der Waals surface area contributed by atoms with Crippen LogP contribution in [0.5, 0.6) is 0 Å². The summed E-state index contributed by atoms with van der Waals surface area (Å²) in [4.78, 5) is 35.0. The lowest BCUT2D eigenvalue weighted by Gasteiger charge is -2.44. The van der Waals surface area contributed by atoms with Crippen LogP contribution in [-0.4, -0.2) is 67.5 Å². The Hall–Kier alpha value is -2.39. The molecule has 134 valence electrons. The summed E-state index contributed by atoms with van der Waals surface area (Å²) < 4.78 is 1.37. The van der Waals surface area contributed by atoms with Crippen LogP contribution in [-0.2, 0) is 7.05 Å². The summed E-state index contributed by atoms with van der Waals surface area (Å²) in [6.07, 6.45) is -1.05. The molecule has 1 saturated heterocycles. The van der Waals surface area contributed by atoms with Gasteiger partial charge in [0.15, 0.2) is 5.82 Å². The van der Waals surface area contributed by atoms with Crippen LogP contribution in [0.3, 0.4) is 0 Å². The molecule has 1 aliphatic heterocycles. The van der Waals surface area contributed by atoms with Gasteiger partial charge in [-0.25, -0.2) is 14.6 Å². The predicted molar refractivity (Wildman–Crippen MR) is 92.2 cm³/mol. The number of amides is 1. The maximum Gasteiger partial charge on any atom is 0.407 e. The van der Waals surface area contributed by atoms with E-state index in [0.29, 0.717) is 16.9 Å². The number of piperazine rings is 1. The number of carboxylic acid groups (broad SMARTS) is 1. The van der Waals surface area contributed by atoms with Crippen molar-refractivity contribution in [3.8, 4) is 0 Å². The molecular weight excluding hydrogens is 350 g/mol. The molecule has 0 aromatic carbocycles. The van der Waals surface area contributed by atoms with Crippen LogP contribution in [0.1, 0.15) is 6.92 Å². The minimum atomic E-state index is -1.05. The van der Waals surface area contributed by atoms with E-state index >= 15 is 0 Å². The van der Waals surface area contributed by atoms with Crippen molar-refractivity contribution in [3.05, 3.63) is 27.8 Å². The minimum absolute atomic E-state index is 0.103. The van der Waals surface area contributed by atoms with Gasteiger partial charge >= 0.3 is 11.8 Å². The van der Waals surface area contributed by atoms with Crippen molar-refractivity contribution in [3.63, 3.8) is 0 Å². The van der Waals surface area contributed by atoms with Gasteiger partial charge in [-0.05, 0) is 19.1 Å². The van der Waals surface area contributed by atoms with Crippen molar-refractivity contribution in [2.24, 2.45) is 7.05 Å². The van der Waals surface area contributed by atoms with E-state index in [1.54, 1.807) is 31.0 Å². The number of hydrogen-bond acceptors (Lipinski definition) is 6. The molecule has 0 spiro atoms. The highest BCUT2D eigenvalue weighted by molar-refractivity contribution is 6.29. The smallest absolute Gasteiger partial charge is 0.407 e. The van der Waals surface area contributed by atoms with Crippen LogP contribution in [0.2, 0.25) is 5.15 Å². The molecule has 2 atom stereocenters. The molecule has 9 nitrogen and oxygen atoms in total. The number of aromatic nitrogens is 3. The number of pyridine rings is 1. The fraction of sp³-hybridized carbons (Fsp3) is 0.467. The van der Waals surface area contributed by atoms with E-state index in [1.165, 1.54) is 9.47 Å². The SMILES string of the molecule is C[C@@H]1CN(c2nc(=O)n(C)c3ccc(Cl)nc23)[C@@H](CO)CN1C(=O)O. The fourth-order valence-electron chi connectivity index (χ4n) is 3.11. The first-order valence-corrected chi connectivity index (χ1v) is 8.11. The van der Waals surface area contributed by atoms with E-state index in [0.717, 1.165) is 0 Å². The van der Waals surface area contributed by atoms with Crippen molar-refractivity contribution in [2.45, 2.75) is 19.0 Å². The molecule has 25 heavy (non-hydrogen) atoms. The summed E-state index contributed by atoms with van der Waals surface area (Å²) in [5.74, 6) is 0.302. The second kappa shape index (κ2) is 6.49. The molecular formula is C15H18ClN5O4. The van der Waals surface area contributed by atoms with Crippen molar-refractivity contribution < 1.29 is 15.0 Å². The first kappa shape index (κ1) is 17.4. The third-order valence-electron chi connectivity index (χ3n) is 4.47. The van der Waals surface area contributed by atoms with Crippen LogP contribution in [0.25, 0.3) is 11.0 Å². The Kier molecular flexibility index (Phi) is 4.53. The Morgan fingerprint density at radius 3 is 2.72 bits per heavy atom. The first-order chi connectivity index (χ1) is 11.8. The molecule has 1 aliphatic rings. The van der Waals surface area contributed by atoms with Crippen molar-refractivity contribution >= 4 is 34.5 Å². The fourth-order valence-corrected chi connectivity index (χ4v) is 3.25. The van der Waals surface area contributed by atoms with Crippen LogP contribution >= 0.6 is 11.6 Å². The van der Waals surface area contributed by atoms with Gasteiger partial charge in [0.2, 0.25) is 0 Å². The molecule has 2 N–H and O–H groups in total. The topological polar surface area (TPSA) is 112 Å². The Labute approximate surface area is 148 Å². The summed E-state index contributed by atoms with van der Waals surface area (Å²) in [5.41, 5.74) is 0.532. The molecule has 2 aromatic heterocycles. The number of anilines is 1. The molecule has 0 unspecified atom stereocenters. The van der Waals surface area contributed by atoms with Crippen molar-refractivity contribution in [1.82, 2.24) is 19.4 Å². The number of aliphatic hydroxyl groups excluding tert-OH is 1. The summed E-state index contributed by atoms with van der Waals surface area (Å²) in [6, 6.07) is 2.40. The van der Waals surface area contributed by atoms with Gasteiger partial charge in [-0.2, -0.15) is 4.98 Å². The van der Waals surface area contributed by atoms with Gasteiger partial charge in [0.05, 0.1) is 18.2 Å². The van der Waals surface area contributed by atoms with Crippen LogP contribution in [0.4, 0.5) is 10.6 Å². The highest BCUT2D eigenvalue weighted by atomic mass is 35.5. The standard InChI is InChI=1S/C15H18ClN5O4/c1-8-5-21(9(7-22)6-20(8)15(24)25)13-12-10(3-4-11(16)17-12)19(2)14(23)18-13/h3-4,8-9,22H,5-7H2,1-2H3,(H,24,25)/t8-,9-/m1/s1. The number of hydrogen-bond donors (Lipinski definition) is 2. The third kappa shape index (κ3) is 3.00. The van der Waals surface area contributed by atoms with Gasteiger partial charge in [0.25, 0.3) is 0 Å². The van der Waals surface area contributed by atoms with E-state index in [1.807, 2.05) is 0 Å². The molecule has 3 rings (SSSR count). The molecule has 0 bridgehead atoms. The number of fused-ring (bicyclic) bond motifs is 1. The van der Waals surface area contributed by atoms with Crippen molar-refractivity contribution in [2.75, 3.05) is 24.6 Å². The lowest BCUT2D eigenvalue weighted by atomic mass is 10.1. The van der Waals surface area contributed by atoms with Gasteiger partial charge < -0.3 is 20.0 Å². The summed E-state index contributed by atoms with van der Waals surface area (Å²) in [5, 5.41) is 19.3. The normalized spacial score (nSPS) is 21.0. The van der Waals surface area contributed by atoms with Gasteiger partial charge in [0.1, 0.15) is 10.7 Å². The van der Waals surface area contributed by atoms with E-state index in [9.17, 15) is 19.8 Å². The molecule has 1 fully saturated rings. The highest BCUT2D eigenvalue weighted by Gasteiger charge is 2.35. The Balaban J connectivity index is 2.15. The van der Waals surface area contributed by atoms with Crippen LogP contribution < -0.4 is 10.6 Å². The zero-order valence-corrected chi connectivity index (χ0v) is 14.5. The number of halogens is 1. The van der Waals surface area contributed by atoms with Crippen molar-refractivity contribution in [1.29, 1.82) is 0 Å². The van der Waals surface area contributed by atoms with E-state index < -0.39 is 17.8 Å². The highest BCUT2D eigenvalue weighted by Crippen LogP contribution is 2.27. The quantitative estimate of drug-likeness (QED) is 0.744. The lowest BCUT2D eigenvalue weighted by molar-refractivity contribution is 0.101. The first-order valence-electron chi connectivity index (χ1n) is 7.73. The van der Waals surface area contributed by atoms with E-state index in [4.69, 9.17) is 11.6 Å². The number of carbonyl (C=O) groups is 1. The van der Waals surface area contributed by atoms with Gasteiger partial charge in [-0.3, -0.25) is 4.57 Å². The van der Waals surface area contributed by atoms with Gasteiger partial charge in [0, 0.05) is 26.2 Å². The second-order valence-corrected chi connectivity index (χ2v) is 6.44. The third-order valence-corrected chi connectivity index (χ3v) is 4.68. The Morgan fingerprint density at radius 1 is 1.36 bits per heavy atom.